The summed E-state index contributed by atoms with van der Waals surface area (Å²) < 4.78 is 12.5. The molecule has 1 saturated carbocycles. The van der Waals surface area contributed by atoms with E-state index in [0.29, 0.717) is 0 Å². The van der Waals surface area contributed by atoms with Crippen molar-refractivity contribution in [3.63, 3.8) is 0 Å². The summed E-state index contributed by atoms with van der Waals surface area (Å²) in [6, 6.07) is 20.6. The van der Waals surface area contributed by atoms with Gasteiger partial charge in [0, 0.05) is 7.11 Å². The van der Waals surface area contributed by atoms with Crippen molar-refractivity contribution < 1.29 is 14.0 Å². The number of benzene rings is 2. The predicted octanol–water partition coefficient (Wildman–Crippen LogP) is 4.44. The van der Waals surface area contributed by atoms with Crippen LogP contribution in [0.3, 0.4) is 0 Å². The zero-order chi connectivity index (χ0) is 20.3. The Labute approximate surface area is 170 Å². The highest BCUT2D eigenvalue weighted by molar-refractivity contribution is 7.00. The van der Waals surface area contributed by atoms with Crippen LogP contribution in [-0.4, -0.2) is 27.0 Å². The summed E-state index contributed by atoms with van der Waals surface area (Å²) in [6.45, 7) is 6.56. The molecule has 0 N–H and O–H groups in total. The van der Waals surface area contributed by atoms with Gasteiger partial charge in [0.05, 0.1) is 0 Å². The van der Waals surface area contributed by atoms with Crippen molar-refractivity contribution in [2.24, 2.45) is 0 Å². The van der Waals surface area contributed by atoms with Crippen molar-refractivity contribution in [1.29, 1.82) is 0 Å². The molecule has 0 aliphatic heterocycles. The number of rotatable bonds is 5. The van der Waals surface area contributed by atoms with E-state index >= 15 is 0 Å². The molecule has 0 amide bonds. The number of hydrogen-bond donors (Lipinski definition) is 0. The molecular formula is C24H32O3Si. The fourth-order valence-corrected chi connectivity index (χ4v) is 8.89. The maximum absolute atomic E-state index is 13.6. The highest BCUT2D eigenvalue weighted by Gasteiger charge is 2.55. The molecule has 1 fully saturated rings. The minimum absolute atomic E-state index is 0.191. The Balaban J connectivity index is 2.15. The van der Waals surface area contributed by atoms with Crippen molar-refractivity contribution in [1.82, 2.24) is 0 Å². The van der Waals surface area contributed by atoms with E-state index in [9.17, 15) is 4.79 Å². The smallest absolute Gasteiger partial charge is 0.325 e. The Hall–Kier alpha value is -1.91. The van der Waals surface area contributed by atoms with Crippen molar-refractivity contribution in [2.45, 2.75) is 63.5 Å². The highest BCUT2D eigenvalue weighted by atomic mass is 28.4. The lowest BCUT2D eigenvalue weighted by Crippen LogP contribution is -2.69. The van der Waals surface area contributed by atoms with Gasteiger partial charge in [0.25, 0.3) is 0 Å². The summed E-state index contributed by atoms with van der Waals surface area (Å²) in [4.78, 5) is 13.6. The van der Waals surface area contributed by atoms with E-state index in [0.717, 1.165) is 42.5 Å². The van der Waals surface area contributed by atoms with E-state index in [1.807, 2.05) is 36.4 Å². The first-order valence-corrected chi connectivity index (χ1v) is 12.2. The molecule has 0 heterocycles. The standard InChI is InChI=1S/C24H32O3Si/c1-23(2,3)28(20-14-8-5-9-15-20,21-16-10-6-11-17-21)27-22(25)24(26-4)18-12-7-13-19-24/h5-6,8-11,14-17H,7,12-13,18-19H2,1-4H3. The van der Waals surface area contributed by atoms with Crippen LogP contribution in [0.5, 0.6) is 0 Å². The van der Waals surface area contributed by atoms with Crippen LogP contribution in [0.4, 0.5) is 0 Å². The summed E-state index contributed by atoms with van der Waals surface area (Å²) in [6.07, 6.45) is 4.63. The van der Waals surface area contributed by atoms with Gasteiger partial charge in [-0.2, -0.15) is 0 Å². The Morgan fingerprint density at radius 3 is 1.71 bits per heavy atom. The molecular weight excluding hydrogens is 364 g/mol. The third kappa shape index (κ3) is 3.68. The molecule has 0 bridgehead atoms. The zero-order valence-electron chi connectivity index (χ0n) is 17.5. The van der Waals surface area contributed by atoms with Gasteiger partial charge in [0.2, 0.25) is 0 Å². The molecule has 1 aliphatic carbocycles. The fraction of sp³-hybridized carbons (Fsp3) is 0.458. The molecule has 150 valence electrons. The van der Waals surface area contributed by atoms with E-state index < -0.39 is 13.9 Å². The van der Waals surface area contributed by atoms with Crippen molar-refractivity contribution >= 4 is 24.7 Å². The third-order valence-electron chi connectivity index (χ3n) is 6.09. The highest BCUT2D eigenvalue weighted by Crippen LogP contribution is 2.40. The molecule has 1 aliphatic rings. The number of ether oxygens (including phenoxy) is 1. The first kappa shape index (κ1) is 20.8. The van der Waals surface area contributed by atoms with Crippen molar-refractivity contribution in [3.05, 3.63) is 60.7 Å². The second-order valence-corrected chi connectivity index (χ2v) is 13.0. The van der Waals surface area contributed by atoms with Crippen LogP contribution < -0.4 is 10.4 Å². The lowest BCUT2D eigenvalue weighted by Gasteiger charge is -2.45. The van der Waals surface area contributed by atoms with Crippen molar-refractivity contribution in [2.75, 3.05) is 7.11 Å². The van der Waals surface area contributed by atoms with Gasteiger partial charge in [0.15, 0.2) is 5.60 Å². The fourth-order valence-electron chi connectivity index (χ4n) is 4.50. The maximum atomic E-state index is 13.6. The van der Waals surface area contributed by atoms with E-state index in [4.69, 9.17) is 9.16 Å². The molecule has 3 rings (SSSR count). The van der Waals surface area contributed by atoms with Gasteiger partial charge < -0.3 is 9.16 Å². The Kier molecular flexibility index (Phi) is 6.11. The average Bonchev–Trinajstić information content (AvgIpc) is 2.72. The van der Waals surface area contributed by atoms with Gasteiger partial charge >= 0.3 is 14.3 Å². The third-order valence-corrected chi connectivity index (χ3v) is 11.0. The predicted molar refractivity (Wildman–Crippen MR) is 117 cm³/mol. The maximum Gasteiger partial charge on any atom is 0.325 e. The molecule has 0 saturated heterocycles. The Morgan fingerprint density at radius 2 is 1.32 bits per heavy atom. The monoisotopic (exact) mass is 396 g/mol. The minimum Gasteiger partial charge on any atom is -0.507 e. The molecule has 2 aromatic carbocycles. The SMILES string of the molecule is COC1(C(=O)O[Si](c2ccccc2)(c2ccccc2)C(C)(C)C)CCCCC1. The van der Waals surface area contributed by atoms with Gasteiger partial charge in [-0.1, -0.05) is 87.9 Å². The summed E-state index contributed by atoms with van der Waals surface area (Å²) in [5.74, 6) is -0.191. The summed E-state index contributed by atoms with van der Waals surface area (Å²) in [5.41, 5.74) is -0.814. The summed E-state index contributed by atoms with van der Waals surface area (Å²) in [5, 5.41) is 2.00. The Bertz CT molecular complexity index is 735. The Morgan fingerprint density at radius 1 is 0.857 bits per heavy atom. The summed E-state index contributed by atoms with van der Waals surface area (Å²) in [7, 11) is -1.24. The normalized spacial score (nSPS) is 17.1. The lowest BCUT2D eigenvalue weighted by molar-refractivity contribution is -0.164. The molecule has 28 heavy (non-hydrogen) atoms. The molecule has 3 nitrogen and oxygen atoms in total. The van der Waals surface area contributed by atoms with Gasteiger partial charge in [-0.15, -0.1) is 0 Å². The van der Waals surface area contributed by atoms with Crippen molar-refractivity contribution in [3.8, 4) is 0 Å². The van der Waals surface area contributed by atoms with Gasteiger partial charge in [-0.25, -0.2) is 0 Å². The number of methoxy groups -OCH3 is 1. The molecule has 0 atom stereocenters. The molecule has 0 spiro atoms. The average molecular weight is 397 g/mol. The van der Waals surface area contributed by atoms with Crippen LogP contribution in [0.1, 0.15) is 52.9 Å². The van der Waals surface area contributed by atoms with E-state index in [2.05, 4.69) is 45.0 Å². The minimum atomic E-state index is -2.89. The number of carbonyl (C=O) groups excluding carboxylic acids is 1. The van der Waals surface area contributed by atoms with Crippen LogP contribution in [0, 0.1) is 0 Å². The van der Waals surface area contributed by atoms with Gasteiger partial charge in [0.1, 0.15) is 0 Å². The lowest BCUT2D eigenvalue weighted by atomic mass is 9.85. The molecule has 4 heteroatoms. The topological polar surface area (TPSA) is 35.5 Å². The first-order valence-electron chi connectivity index (χ1n) is 10.3. The van der Waals surface area contributed by atoms with E-state index in [-0.39, 0.29) is 11.0 Å². The van der Waals surface area contributed by atoms with E-state index in [1.165, 1.54) is 0 Å². The quantitative estimate of drug-likeness (QED) is 0.701. The van der Waals surface area contributed by atoms with Crippen LogP contribution in [0.2, 0.25) is 5.04 Å². The molecule has 2 aromatic rings. The van der Waals surface area contributed by atoms with Crippen LogP contribution >= 0.6 is 0 Å². The first-order chi connectivity index (χ1) is 13.4. The van der Waals surface area contributed by atoms with Crippen LogP contribution in [-0.2, 0) is 14.0 Å². The van der Waals surface area contributed by atoms with Gasteiger partial charge in [-0.05, 0) is 41.1 Å². The van der Waals surface area contributed by atoms with Gasteiger partial charge in [-0.3, -0.25) is 4.79 Å². The number of carbonyl (C=O) groups is 1. The second-order valence-electron chi connectivity index (χ2n) is 8.81. The largest absolute Gasteiger partial charge is 0.507 e. The zero-order valence-corrected chi connectivity index (χ0v) is 18.5. The van der Waals surface area contributed by atoms with Crippen LogP contribution in [0.25, 0.3) is 0 Å². The summed E-state index contributed by atoms with van der Waals surface area (Å²) >= 11 is 0. The molecule has 0 unspecified atom stereocenters. The second kappa shape index (κ2) is 8.22. The molecule has 0 aromatic heterocycles. The van der Waals surface area contributed by atoms with Crippen LogP contribution in [0.15, 0.2) is 60.7 Å². The number of hydrogen-bond acceptors (Lipinski definition) is 3. The van der Waals surface area contributed by atoms with E-state index in [1.54, 1.807) is 7.11 Å². The molecule has 0 radical (unpaired) electrons.